The smallest absolute Gasteiger partial charge is 0.378 e. The third kappa shape index (κ3) is 6.02. The van der Waals surface area contributed by atoms with Gasteiger partial charge in [-0.1, -0.05) is 0 Å². The van der Waals surface area contributed by atoms with E-state index in [1.165, 1.54) is 10.9 Å². The maximum atomic E-state index is 14.7. The molecule has 1 aliphatic heterocycles. The number of rotatable bonds is 7. The fraction of sp³-hybridized carbons (Fsp3) is 0.560. The Morgan fingerprint density at radius 3 is 2.62 bits per heavy atom. The Labute approximate surface area is 223 Å². The van der Waals surface area contributed by atoms with Gasteiger partial charge in [0.05, 0.1) is 18.9 Å². The first-order valence-corrected chi connectivity index (χ1v) is 14.3. The average Bonchev–Trinajstić information content (AvgIpc) is 3.29. The molecule has 1 aliphatic carbocycles. The number of piperidine rings is 1. The lowest BCUT2D eigenvalue weighted by molar-refractivity contribution is -0.0460. The zero-order valence-electron chi connectivity index (χ0n) is 21.3. The largest absolute Gasteiger partial charge is 0.511 e. The van der Waals surface area contributed by atoms with Crippen LogP contribution >= 0.6 is 0 Å². The number of sulfonamides is 1. The predicted octanol–water partition coefficient (Wildman–Crippen LogP) is 3.88. The number of halogens is 4. The fourth-order valence-electron chi connectivity index (χ4n) is 5.64. The number of anilines is 1. The summed E-state index contributed by atoms with van der Waals surface area (Å²) < 4.78 is 87.2. The van der Waals surface area contributed by atoms with E-state index in [1.807, 2.05) is 15.7 Å². The van der Waals surface area contributed by atoms with E-state index in [4.69, 9.17) is 4.74 Å². The molecule has 2 aliphatic rings. The average molecular weight is 571 g/mol. The Bertz CT molecular complexity index is 1390. The van der Waals surface area contributed by atoms with Crippen molar-refractivity contribution < 1.29 is 30.7 Å². The number of hydrogen-bond acceptors (Lipinski definition) is 7. The number of aryl methyl sites for hydroxylation is 1. The Kier molecular flexibility index (Phi) is 7.80. The molecule has 2 aromatic heterocycles. The number of hydrogen-bond donors (Lipinski definition) is 1. The van der Waals surface area contributed by atoms with Crippen LogP contribution < -0.4 is 9.62 Å². The van der Waals surface area contributed by atoms with E-state index in [9.17, 15) is 26.0 Å². The highest BCUT2D eigenvalue weighted by molar-refractivity contribution is 7.90. The van der Waals surface area contributed by atoms with Crippen LogP contribution in [0.25, 0.3) is 10.9 Å². The third-order valence-corrected chi connectivity index (χ3v) is 8.95. The van der Waals surface area contributed by atoms with E-state index >= 15 is 0 Å². The van der Waals surface area contributed by atoms with Crippen LogP contribution in [0.5, 0.6) is 0 Å². The van der Waals surface area contributed by atoms with Crippen LogP contribution in [-0.2, 0) is 21.8 Å². The number of nitrogens with zero attached hydrogens (tertiary/aromatic N) is 5. The molecule has 0 unspecified atom stereocenters. The quantitative estimate of drug-likeness (QED) is 0.430. The SMILES string of the molecule is Cn1ncc2cc(C3CCC(OC[C@@H]4CN(c5cccnn5)CC[C@@H]4NS(=O)(=O)C(F)(F)F)CC3)cc(F)c21. The summed E-state index contributed by atoms with van der Waals surface area (Å²) in [5.74, 6) is -0.106. The minimum absolute atomic E-state index is 0.0907. The van der Waals surface area contributed by atoms with Gasteiger partial charge >= 0.3 is 15.5 Å². The van der Waals surface area contributed by atoms with Crippen LogP contribution in [-0.4, -0.2) is 65.7 Å². The molecule has 0 spiro atoms. The lowest BCUT2D eigenvalue weighted by Crippen LogP contribution is -2.55. The molecule has 3 aromatic rings. The fourth-order valence-corrected chi connectivity index (χ4v) is 6.48. The second-order valence-corrected chi connectivity index (χ2v) is 12.0. The van der Waals surface area contributed by atoms with Crippen molar-refractivity contribution in [3.05, 3.63) is 48.0 Å². The van der Waals surface area contributed by atoms with Crippen molar-refractivity contribution in [2.75, 3.05) is 24.6 Å². The third-order valence-electron chi connectivity index (χ3n) is 7.73. The Morgan fingerprint density at radius 1 is 1.15 bits per heavy atom. The van der Waals surface area contributed by atoms with Gasteiger partial charge in [-0.15, -0.1) is 5.10 Å². The molecular weight excluding hydrogens is 540 g/mol. The minimum atomic E-state index is -5.50. The van der Waals surface area contributed by atoms with Crippen LogP contribution in [0.15, 0.2) is 36.7 Å². The maximum Gasteiger partial charge on any atom is 0.511 e. The minimum Gasteiger partial charge on any atom is -0.378 e. The second kappa shape index (κ2) is 11.0. The first kappa shape index (κ1) is 27.7. The molecule has 2 atom stereocenters. The van der Waals surface area contributed by atoms with Crippen molar-refractivity contribution >= 4 is 26.7 Å². The summed E-state index contributed by atoms with van der Waals surface area (Å²) in [5, 5.41) is 12.8. The van der Waals surface area contributed by atoms with Gasteiger partial charge in [0.2, 0.25) is 0 Å². The van der Waals surface area contributed by atoms with Gasteiger partial charge in [-0.05, 0) is 67.9 Å². The highest BCUT2D eigenvalue weighted by Gasteiger charge is 2.48. The Hall–Kier alpha value is -2.84. The molecule has 1 N–H and O–H groups in total. The molecule has 1 saturated carbocycles. The number of aromatic nitrogens is 4. The van der Waals surface area contributed by atoms with Crippen molar-refractivity contribution in [3.63, 3.8) is 0 Å². The van der Waals surface area contributed by atoms with Gasteiger partial charge in [-0.3, -0.25) is 4.68 Å². The van der Waals surface area contributed by atoms with E-state index in [0.29, 0.717) is 30.7 Å². The van der Waals surface area contributed by atoms with Crippen LogP contribution in [0.4, 0.5) is 23.4 Å². The molecular formula is C25H30F4N6O3S. The van der Waals surface area contributed by atoms with Gasteiger partial charge < -0.3 is 9.64 Å². The molecule has 5 rings (SSSR count). The monoisotopic (exact) mass is 570 g/mol. The normalized spacial score (nSPS) is 24.8. The summed E-state index contributed by atoms with van der Waals surface area (Å²) in [6, 6.07) is 6.06. The lowest BCUT2D eigenvalue weighted by Gasteiger charge is -2.40. The number of benzene rings is 1. The summed E-state index contributed by atoms with van der Waals surface area (Å²) >= 11 is 0. The maximum absolute atomic E-state index is 14.7. The van der Waals surface area contributed by atoms with Crippen LogP contribution in [0.2, 0.25) is 0 Å². The van der Waals surface area contributed by atoms with Gasteiger partial charge in [-0.2, -0.15) is 23.4 Å². The highest BCUT2D eigenvalue weighted by atomic mass is 32.2. The van der Waals surface area contributed by atoms with Crippen LogP contribution in [0, 0.1) is 11.7 Å². The van der Waals surface area contributed by atoms with Crippen LogP contribution in [0.1, 0.15) is 43.6 Å². The molecule has 2 fully saturated rings. The molecule has 1 saturated heterocycles. The van der Waals surface area contributed by atoms with Gasteiger partial charge in [0.1, 0.15) is 11.3 Å². The predicted molar refractivity (Wildman–Crippen MR) is 136 cm³/mol. The molecule has 0 bridgehead atoms. The number of nitrogens with one attached hydrogen (secondary N) is 1. The van der Waals surface area contributed by atoms with Gasteiger partial charge in [0, 0.05) is 43.7 Å². The highest BCUT2D eigenvalue weighted by Crippen LogP contribution is 2.36. The standard InChI is InChI=1S/C25H30F4N6O3S/c1-34-24-18(13-31-34)11-17(12-21(24)26)16-4-6-20(7-5-16)38-15-19-14-35(23-3-2-9-30-32-23)10-8-22(19)33-39(36,37)25(27,28)29/h2-3,9,11-13,16,19-20,22,33H,4-8,10,14-15H2,1H3/t16?,19-,20?,22-/m0/s1. The molecule has 9 nitrogen and oxygen atoms in total. The van der Waals surface area contributed by atoms with Crippen molar-refractivity contribution in [1.29, 1.82) is 0 Å². The molecule has 0 amide bonds. The Balaban J connectivity index is 1.22. The van der Waals surface area contributed by atoms with Gasteiger partial charge in [0.15, 0.2) is 5.82 Å². The number of ether oxygens (including phenoxy) is 1. The van der Waals surface area contributed by atoms with E-state index < -0.39 is 27.5 Å². The van der Waals surface area contributed by atoms with E-state index in [2.05, 4.69) is 15.3 Å². The number of alkyl halides is 3. The van der Waals surface area contributed by atoms with Crippen molar-refractivity contribution in [3.8, 4) is 0 Å². The molecule has 212 valence electrons. The van der Waals surface area contributed by atoms with E-state index in [0.717, 1.165) is 23.8 Å². The molecule has 39 heavy (non-hydrogen) atoms. The zero-order valence-corrected chi connectivity index (χ0v) is 22.1. The van der Waals surface area contributed by atoms with E-state index in [1.54, 1.807) is 31.4 Å². The molecule has 14 heteroatoms. The van der Waals surface area contributed by atoms with Crippen molar-refractivity contribution in [1.82, 2.24) is 24.7 Å². The first-order chi connectivity index (χ1) is 18.5. The second-order valence-electron chi connectivity index (χ2n) is 10.3. The molecule has 1 aromatic carbocycles. The van der Waals surface area contributed by atoms with Crippen molar-refractivity contribution in [2.24, 2.45) is 13.0 Å². The summed E-state index contributed by atoms with van der Waals surface area (Å²) in [4.78, 5) is 1.87. The van der Waals surface area contributed by atoms with Gasteiger partial charge in [0.25, 0.3) is 0 Å². The zero-order chi connectivity index (χ0) is 27.8. The van der Waals surface area contributed by atoms with E-state index in [-0.39, 0.29) is 37.4 Å². The summed E-state index contributed by atoms with van der Waals surface area (Å²) in [5.41, 5.74) is -4.01. The van der Waals surface area contributed by atoms with Crippen molar-refractivity contribution in [2.45, 2.75) is 55.7 Å². The molecule has 0 radical (unpaired) electrons. The molecule has 3 heterocycles. The lowest BCUT2D eigenvalue weighted by atomic mass is 9.82. The summed E-state index contributed by atoms with van der Waals surface area (Å²) in [7, 11) is -3.80. The van der Waals surface area contributed by atoms with Crippen LogP contribution in [0.3, 0.4) is 0 Å². The summed E-state index contributed by atoms with van der Waals surface area (Å²) in [6.45, 7) is 0.681. The first-order valence-electron chi connectivity index (χ1n) is 12.9. The topological polar surface area (TPSA) is 102 Å². The van der Waals surface area contributed by atoms with Gasteiger partial charge in [-0.25, -0.2) is 17.5 Å². The Morgan fingerprint density at radius 2 is 1.92 bits per heavy atom. The summed E-state index contributed by atoms with van der Waals surface area (Å²) in [6.07, 6.45) is 6.16. The number of fused-ring (bicyclic) bond motifs is 1.